The van der Waals surface area contributed by atoms with Crippen LogP contribution in [0.4, 0.5) is 0 Å². The van der Waals surface area contributed by atoms with Crippen LogP contribution in [0.1, 0.15) is 5.69 Å². The molecule has 0 aromatic carbocycles. The lowest BCUT2D eigenvalue weighted by atomic mass is 10.4. The molecule has 17 heavy (non-hydrogen) atoms. The zero-order chi connectivity index (χ0) is 11.7. The molecule has 3 aromatic heterocycles. The van der Waals surface area contributed by atoms with E-state index in [9.17, 15) is 4.79 Å². The summed E-state index contributed by atoms with van der Waals surface area (Å²) in [5.41, 5.74) is 1.49. The van der Waals surface area contributed by atoms with E-state index < -0.39 is 0 Å². The van der Waals surface area contributed by atoms with Gasteiger partial charge in [0.05, 0.1) is 24.8 Å². The summed E-state index contributed by atoms with van der Waals surface area (Å²) in [6, 6.07) is 1.80. The second kappa shape index (κ2) is 3.78. The minimum absolute atomic E-state index is 0.239. The van der Waals surface area contributed by atoms with Crippen LogP contribution in [0, 0.1) is 0 Å². The maximum atomic E-state index is 11.4. The Bertz CT molecular complexity index is 701. The van der Waals surface area contributed by atoms with Crippen LogP contribution >= 0.6 is 0 Å². The number of nitrogens with one attached hydrogen (secondary N) is 1. The molecular formula is C10H8N6O. The molecule has 0 radical (unpaired) electrons. The maximum Gasteiger partial charge on any atom is 0.279 e. The number of hydrogen-bond acceptors (Lipinski definition) is 5. The molecule has 0 spiro atoms. The Balaban J connectivity index is 2.02. The van der Waals surface area contributed by atoms with E-state index in [4.69, 9.17) is 0 Å². The average Bonchev–Trinajstić information content (AvgIpc) is 2.74. The van der Waals surface area contributed by atoms with Crippen LogP contribution in [0.25, 0.3) is 11.0 Å². The lowest BCUT2D eigenvalue weighted by molar-refractivity contribution is 0.678. The summed E-state index contributed by atoms with van der Waals surface area (Å²) in [5, 5.41) is 4.16. The monoisotopic (exact) mass is 228 g/mol. The van der Waals surface area contributed by atoms with E-state index in [1.54, 1.807) is 23.1 Å². The highest BCUT2D eigenvalue weighted by atomic mass is 16.1. The lowest BCUT2D eigenvalue weighted by Gasteiger charge is -1.98. The third-order valence-corrected chi connectivity index (χ3v) is 2.32. The van der Waals surface area contributed by atoms with Crippen molar-refractivity contribution < 1.29 is 0 Å². The molecule has 0 aliphatic heterocycles. The standard InChI is InChI=1S/C10H8N6O/c17-10-9-8(13-6-14-10)4-16(15-9)3-7-1-2-11-5-12-7/h1-2,4-6H,3H2,(H,13,14,17). The zero-order valence-electron chi connectivity index (χ0n) is 8.74. The molecular weight excluding hydrogens is 220 g/mol. The van der Waals surface area contributed by atoms with Crippen LogP contribution in [0.3, 0.4) is 0 Å². The number of fused-ring (bicyclic) bond motifs is 1. The average molecular weight is 228 g/mol. The summed E-state index contributed by atoms with van der Waals surface area (Å²) < 4.78 is 1.63. The van der Waals surface area contributed by atoms with E-state index in [0.717, 1.165) is 5.69 Å². The fourth-order valence-corrected chi connectivity index (χ4v) is 1.55. The van der Waals surface area contributed by atoms with Gasteiger partial charge in [-0.3, -0.25) is 9.48 Å². The van der Waals surface area contributed by atoms with Gasteiger partial charge in [0.1, 0.15) is 11.8 Å². The number of rotatable bonds is 2. The quantitative estimate of drug-likeness (QED) is 0.664. The van der Waals surface area contributed by atoms with Crippen LogP contribution < -0.4 is 5.56 Å². The molecule has 0 bridgehead atoms. The maximum absolute atomic E-state index is 11.4. The molecule has 3 heterocycles. The van der Waals surface area contributed by atoms with Crippen LogP contribution in [0.5, 0.6) is 0 Å². The van der Waals surface area contributed by atoms with E-state index in [1.165, 1.54) is 12.7 Å². The first-order valence-electron chi connectivity index (χ1n) is 4.99. The van der Waals surface area contributed by atoms with Crippen molar-refractivity contribution in [2.24, 2.45) is 0 Å². The van der Waals surface area contributed by atoms with E-state index >= 15 is 0 Å². The molecule has 0 saturated heterocycles. The van der Waals surface area contributed by atoms with Crippen LogP contribution in [0.2, 0.25) is 0 Å². The van der Waals surface area contributed by atoms with Crippen LogP contribution in [0.15, 0.2) is 35.9 Å². The third-order valence-electron chi connectivity index (χ3n) is 2.32. The van der Waals surface area contributed by atoms with Gasteiger partial charge in [-0.15, -0.1) is 0 Å². The third kappa shape index (κ3) is 1.78. The predicted octanol–water partition coefficient (Wildman–Crippen LogP) is -0.0421. The van der Waals surface area contributed by atoms with E-state index in [1.807, 2.05) is 0 Å². The molecule has 7 heteroatoms. The minimum Gasteiger partial charge on any atom is -0.311 e. The highest BCUT2D eigenvalue weighted by molar-refractivity contribution is 5.71. The van der Waals surface area contributed by atoms with Gasteiger partial charge in [-0.2, -0.15) is 5.10 Å². The first-order chi connectivity index (χ1) is 8.33. The van der Waals surface area contributed by atoms with Gasteiger partial charge in [-0.1, -0.05) is 0 Å². The Morgan fingerprint density at radius 1 is 1.35 bits per heavy atom. The van der Waals surface area contributed by atoms with Gasteiger partial charge in [0.2, 0.25) is 0 Å². The van der Waals surface area contributed by atoms with Gasteiger partial charge in [0.15, 0.2) is 5.52 Å². The first kappa shape index (κ1) is 9.64. The van der Waals surface area contributed by atoms with Crippen molar-refractivity contribution in [3.63, 3.8) is 0 Å². The Morgan fingerprint density at radius 3 is 3.06 bits per heavy atom. The topological polar surface area (TPSA) is 89.4 Å². The molecule has 0 saturated carbocycles. The molecule has 84 valence electrons. The number of H-pyrrole nitrogens is 1. The summed E-state index contributed by atoms with van der Waals surface area (Å²) >= 11 is 0. The van der Waals surface area contributed by atoms with Gasteiger partial charge < -0.3 is 4.98 Å². The van der Waals surface area contributed by atoms with Crippen molar-refractivity contribution in [1.29, 1.82) is 0 Å². The fraction of sp³-hybridized carbons (Fsp3) is 0.100. The second-order valence-electron chi connectivity index (χ2n) is 3.49. The van der Waals surface area contributed by atoms with Crippen LogP contribution in [-0.4, -0.2) is 29.7 Å². The molecule has 0 unspecified atom stereocenters. The molecule has 0 aliphatic carbocycles. The summed E-state index contributed by atoms with van der Waals surface area (Å²) in [5.74, 6) is 0. The minimum atomic E-state index is -0.239. The smallest absolute Gasteiger partial charge is 0.279 e. The Morgan fingerprint density at radius 2 is 2.29 bits per heavy atom. The van der Waals surface area contributed by atoms with Crippen LogP contribution in [-0.2, 0) is 6.54 Å². The van der Waals surface area contributed by atoms with Gasteiger partial charge >= 0.3 is 0 Å². The van der Waals surface area contributed by atoms with Crippen molar-refractivity contribution >= 4 is 11.0 Å². The molecule has 1 N–H and O–H groups in total. The highest BCUT2D eigenvalue weighted by Gasteiger charge is 2.05. The van der Waals surface area contributed by atoms with Gasteiger partial charge in [0, 0.05) is 6.20 Å². The molecule has 3 aromatic rings. The van der Waals surface area contributed by atoms with Crippen molar-refractivity contribution in [3.05, 3.63) is 47.2 Å². The number of nitrogens with zero attached hydrogens (tertiary/aromatic N) is 5. The molecule has 0 fully saturated rings. The predicted molar refractivity (Wildman–Crippen MR) is 59.3 cm³/mol. The summed E-state index contributed by atoms with van der Waals surface area (Å²) in [6.07, 6.45) is 6.22. The molecule has 7 nitrogen and oxygen atoms in total. The second-order valence-corrected chi connectivity index (χ2v) is 3.49. The van der Waals surface area contributed by atoms with Gasteiger partial charge in [-0.25, -0.2) is 15.0 Å². The summed E-state index contributed by atoms with van der Waals surface area (Å²) in [7, 11) is 0. The van der Waals surface area contributed by atoms with Crippen molar-refractivity contribution in [3.8, 4) is 0 Å². The largest absolute Gasteiger partial charge is 0.311 e. The van der Waals surface area contributed by atoms with E-state index in [-0.39, 0.29) is 5.56 Å². The number of aromatic nitrogens is 6. The van der Waals surface area contributed by atoms with Crippen molar-refractivity contribution in [2.45, 2.75) is 6.54 Å². The zero-order valence-corrected chi connectivity index (χ0v) is 8.74. The fourth-order valence-electron chi connectivity index (χ4n) is 1.55. The Hall–Kier alpha value is -2.57. The molecule has 0 aliphatic rings. The number of aromatic amines is 1. The summed E-state index contributed by atoms with van der Waals surface area (Å²) in [6.45, 7) is 0.484. The molecule has 3 rings (SSSR count). The Labute approximate surface area is 95.2 Å². The van der Waals surface area contributed by atoms with Gasteiger partial charge in [0.25, 0.3) is 5.56 Å². The van der Waals surface area contributed by atoms with Gasteiger partial charge in [-0.05, 0) is 6.07 Å². The van der Waals surface area contributed by atoms with Crippen molar-refractivity contribution in [2.75, 3.05) is 0 Å². The van der Waals surface area contributed by atoms with Crippen molar-refractivity contribution in [1.82, 2.24) is 29.7 Å². The SMILES string of the molecule is O=c1[nH]cnc2cn(Cc3ccncn3)nc12. The molecule has 0 atom stereocenters. The molecule has 0 amide bonds. The Kier molecular flexibility index (Phi) is 2.14. The first-order valence-corrected chi connectivity index (χ1v) is 4.99. The number of hydrogen-bond donors (Lipinski definition) is 1. The normalized spacial score (nSPS) is 10.8. The van der Waals surface area contributed by atoms with E-state index in [2.05, 4.69) is 25.0 Å². The van der Waals surface area contributed by atoms with E-state index in [0.29, 0.717) is 17.6 Å². The summed E-state index contributed by atoms with van der Waals surface area (Å²) in [4.78, 5) is 25.9. The highest BCUT2D eigenvalue weighted by Crippen LogP contribution is 2.04. The lowest BCUT2D eigenvalue weighted by Crippen LogP contribution is -2.07.